The van der Waals surface area contributed by atoms with Crippen LogP contribution in [0.3, 0.4) is 0 Å². The van der Waals surface area contributed by atoms with Crippen molar-refractivity contribution in [1.82, 2.24) is 0 Å². The average molecular weight is 559 g/mol. The summed E-state index contributed by atoms with van der Waals surface area (Å²) in [6, 6.07) is 24.2. The Morgan fingerprint density at radius 1 is 0.829 bits per heavy atom. The number of ketones is 1. The second-order valence-corrected chi connectivity index (χ2v) is 10.5. The molecule has 202 valence electrons. The van der Waals surface area contributed by atoms with Gasteiger partial charge in [0.05, 0.1) is 4.92 Å². The molecule has 6 heteroatoms. The molecule has 7 rings (SSSR count). The standard InChI is InChI=1S/C25H18ClNO3.C10H9N/c26-24-6-2-4-18-20-11-12-21-17(19(20)13-14-22(18)24)3-1-5-23(21)25(28)15-7-9-16(10-8-15)27(29)30;1-2-7-10-9(5-1)6-3-4-8-11-10/h2,4,6-12,14H,1,3,5,13H2;1-8,11H. The van der Waals surface area contributed by atoms with Crippen LogP contribution in [0, 0.1) is 20.6 Å². The fraction of sp³-hybridized carbons (Fsp3) is 0.114. The zero-order chi connectivity index (χ0) is 28.3. The SMILES string of the molecule is C1=CNc2ccccc2C=C1.O=C(C1=c2ccc3c(c2CCC1)CC=c1c(Cl)cccc1=3)c1ccc([N+](=O)[O-])cc1. The van der Waals surface area contributed by atoms with Crippen molar-refractivity contribution in [2.24, 2.45) is 0 Å². The Balaban J connectivity index is 0.000000229. The van der Waals surface area contributed by atoms with Gasteiger partial charge in [0.1, 0.15) is 0 Å². The van der Waals surface area contributed by atoms with Crippen molar-refractivity contribution in [2.45, 2.75) is 25.7 Å². The summed E-state index contributed by atoms with van der Waals surface area (Å²) in [7, 11) is 0. The number of Topliss-reactive ketones (excluding diaryl/α,β-unsaturated/α-hetero) is 1. The number of nitro benzene ring substituents is 1. The van der Waals surface area contributed by atoms with E-state index in [0.717, 1.165) is 51.2 Å². The van der Waals surface area contributed by atoms with Crippen LogP contribution < -0.4 is 15.8 Å². The molecule has 3 aliphatic rings. The quantitative estimate of drug-likeness (QED) is 0.169. The van der Waals surface area contributed by atoms with E-state index in [-0.39, 0.29) is 11.5 Å². The highest BCUT2D eigenvalue weighted by atomic mass is 35.5. The molecular formula is C35H27ClN2O3. The number of nitrogens with one attached hydrogen (secondary N) is 1. The molecular weight excluding hydrogens is 532 g/mol. The molecule has 4 aromatic carbocycles. The molecule has 0 spiro atoms. The molecule has 0 saturated heterocycles. The third-order valence-corrected chi connectivity index (χ3v) is 8.09. The van der Waals surface area contributed by atoms with Gasteiger partial charge in [-0.05, 0) is 93.6 Å². The second-order valence-electron chi connectivity index (χ2n) is 10.1. The highest BCUT2D eigenvalue weighted by Crippen LogP contribution is 2.25. The van der Waals surface area contributed by atoms with Gasteiger partial charge >= 0.3 is 0 Å². The number of carbonyl (C=O) groups excluding carboxylic acids is 1. The number of nitro groups is 1. The minimum Gasteiger partial charge on any atom is -0.361 e. The van der Waals surface area contributed by atoms with E-state index in [1.54, 1.807) is 12.1 Å². The predicted octanol–water partition coefficient (Wildman–Crippen LogP) is 6.88. The van der Waals surface area contributed by atoms with Crippen LogP contribution in [0.25, 0.3) is 17.7 Å². The number of allylic oxidation sites excluding steroid dienone is 2. The zero-order valence-corrected chi connectivity index (χ0v) is 23.0. The van der Waals surface area contributed by atoms with Crippen molar-refractivity contribution >= 4 is 46.5 Å². The van der Waals surface area contributed by atoms with Gasteiger partial charge in [0.15, 0.2) is 5.78 Å². The lowest BCUT2D eigenvalue weighted by Crippen LogP contribution is -2.26. The minimum atomic E-state index is -0.454. The van der Waals surface area contributed by atoms with Gasteiger partial charge in [-0.1, -0.05) is 72.3 Å². The maximum Gasteiger partial charge on any atom is 0.269 e. The highest BCUT2D eigenvalue weighted by Gasteiger charge is 2.21. The summed E-state index contributed by atoms with van der Waals surface area (Å²) in [5, 5.41) is 19.3. The first-order chi connectivity index (χ1) is 20.0. The molecule has 0 atom stereocenters. The summed E-state index contributed by atoms with van der Waals surface area (Å²) in [5.74, 6) is -0.0472. The molecule has 0 amide bonds. The van der Waals surface area contributed by atoms with Crippen LogP contribution in [0.5, 0.6) is 0 Å². The number of hydrogen-bond donors (Lipinski definition) is 1. The highest BCUT2D eigenvalue weighted by molar-refractivity contribution is 6.30. The number of benzene rings is 4. The first-order valence-electron chi connectivity index (χ1n) is 13.6. The summed E-state index contributed by atoms with van der Waals surface area (Å²) >= 11 is 6.39. The van der Waals surface area contributed by atoms with Crippen LogP contribution in [0.1, 0.15) is 39.9 Å². The van der Waals surface area contributed by atoms with Crippen molar-refractivity contribution in [2.75, 3.05) is 5.32 Å². The molecule has 41 heavy (non-hydrogen) atoms. The normalized spacial score (nSPS) is 14.0. The van der Waals surface area contributed by atoms with Gasteiger partial charge < -0.3 is 5.32 Å². The maximum atomic E-state index is 13.2. The van der Waals surface area contributed by atoms with Crippen LogP contribution in [0.4, 0.5) is 11.4 Å². The lowest BCUT2D eigenvalue weighted by atomic mass is 9.84. The molecule has 0 fully saturated rings. The summed E-state index contributed by atoms with van der Waals surface area (Å²) in [5.41, 5.74) is 6.19. The predicted molar refractivity (Wildman–Crippen MR) is 165 cm³/mol. The minimum absolute atomic E-state index is 0.0115. The zero-order valence-electron chi connectivity index (χ0n) is 22.3. The summed E-state index contributed by atoms with van der Waals surface area (Å²) in [4.78, 5) is 23.7. The van der Waals surface area contributed by atoms with E-state index in [1.165, 1.54) is 34.0 Å². The number of halogens is 1. The van der Waals surface area contributed by atoms with Crippen LogP contribution in [-0.4, -0.2) is 10.7 Å². The first-order valence-corrected chi connectivity index (χ1v) is 14.0. The van der Waals surface area contributed by atoms with Gasteiger partial charge in [-0.15, -0.1) is 0 Å². The van der Waals surface area contributed by atoms with E-state index in [4.69, 9.17) is 11.6 Å². The smallest absolute Gasteiger partial charge is 0.269 e. The Hall–Kier alpha value is -4.74. The fourth-order valence-corrected chi connectivity index (χ4v) is 6.03. The molecule has 0 radical (unpaired) electrons. The molecule has 0 bridgehead atoms. The van der Waals surface area contributed by atoms with Gasteiger partial charge in [0.2, 0.25) is 0 Å². The number of non-ortho nitro benzene ring substituents is 1. The molecule has 5 nitrogen and oxygen atoms in total. The van der Waals surface area contributed by atoms with Crippen molar-refractivity contribution in [3.8, 4) is 0 Å². The van der Waals surface area contributed by atoms with Crippen molar-refractivity contribution < 1.29 is 9.72 Å². The largest absolute Gasteiger partial charge is 0.361 e. The summed E-state index contributed by atoms with van der Waals surface area (Å²) in [6.45, 7) is 0. The Morgan fingerprint density at radius 2 is 1.63 bits per heavy atom. The fourth-order valence-electron chi connectivity index (χ4n) is 5.78. The maximum absolute atomic E-state index is 13.2. The Kier molecular flexibility index (Phi) is 7.36. The van der Waals surface area contributed by atoms with Gasteiger partial charge in [-0.3, -0.25) is 14.9 Å². The summed E-state index contributed by atoms with van der Waals surface area (Å²) in [6.07, 6.45) is 13.6. The molecule has 1 N–H and O–H groups in total. The van der Waals surface area contributed by atoms with Gasteiger partial charge in [-0.25, -0.2) is 0 Å². The lowest BCUT2D eigenvalue weighted by molar-refractivity contribution is -0.384. The number of para-hydroxylation sites is 1. The molecule has 0 aromatic heterocycles. The first kappa shape index (κ1) is 26.5. The van der Waals surface area contributed by atoms with Gasteiger partial charge in [-0.2, -0.15) is 0 Å². The van der Waals surface area contributed by atoms with E-state index in [1.807, 2.05) is 42.6 Å². The Labute approximate surface area is 242 Å². The number of anilines is 1. The van der Waals surface area contributed by atoms with Crippen molar-refractivity contribution in [1.29, 1.82) is 0 Å². The number of hydrogen-bond acceptors (Lipinski definition) is 4. The molecule has 1 aliphatic heterocycles. The summed E-state index contributed by atoms with van der Waals surface area (Å²) < 4.78 is 0. The lowest BCUT2D eigenvalue weighted by Gasteiger charge is -2.20. The van der Waals surface area contributed by atoms with E-state index in [0.29, 0.717) is 12.0 Å². The monoisotopic (exact) mass is 558 g/mol. The topological polar surface area (TPSA) is 72.2 Å². The molecule has 4 aromatic rings. The number of rotatable bonds is 3. The number of fused-ring (bicyclic) bond motifs is 5. The Bertz CT molecular complexity index is 1980. The van der Waals surface area contributed by atoms with Gasteiger partial charge in [0.25, 0.3) is 5.69 Å². The van der Waals surface area contributed by atoms with E-state index in [9.17, 15) is 14.9 Å². The van der Waals surface area contributed by atoms with Crippen LogP contribution in [-0.2, 0) is 12.8 Å². The molecule has 0 saturated carbocycles. The second kappa shape index (κ2) is 11.4. The third kappa shape index (κ3) is 5.24. The molecule has 0 unspecified atom stereocenters. The van der Waals surface area contributed by atoms with E-state index >= 15 is 0 Å². The Morgan fingerprint density at radius 3 is 2.46 bits per heavy atom. The average Bonchev–Trinajstić information content (AvgIpc) is 3.26. The third-order valence-electron chi connectivity index (χ3n) is 7.76. The van der Waals surface area contributed by atoms with Crippen LogP contribution >= 0.6 is 11.6 Å². The van der Waals surface area contributed by atoms with Gasteiger partial charge in [0, 0.05) is 40.2 Å². The van der Waals surface area contributed by atoms with Crippen LogP contribution in [0.15, 0.2) is 97.2 Å². The number of carbonyl (C=O) groups is 1. The van der Waals surface area contributed by atoms with E-state index < -0.39 is 4.92 Å². The van der Waals surface area contributed by atoms with E-state index in [2.05, 4.69) is 47.8 Å². The molecule has 1 heterocycles. The molecule has 2 aliphatic carbocycles. The van der Waals surface area contributed by atoms with Crippen LogP contribution in [0.2, 0.25) is 5.02 Å². The number of nitrogens with zero attached hydrogens (tertiary/aromatic N) is 1. The van der Waals surface area contributed by atoms with Crippen molar-refractivity contribution in [3.63, 3.8) is 0 Å². The van der Waals surface area contributed by atoms with Crippen molar-refractivity contribution in [3.05, 3.63) is 155 Å².